The van der Waals surface area contributed by atoms with Gasteiger partial charge in [-0.3, -0.25) is 0 Å². The molecule has 0 saturated heterocycles. The van der Waals surface area contributed by atoms with Crippen molar-refractivity contribution < 1.29 is 0 Å². The van der Waals surface area contributed by atoms with Crippen LogP contribution in [-0.4, -0.2) is 30.6 Å². The van der Waals surface area contributed by atoms with Crippen LogP contribution >= 0.6 is 0 Å². The first-order valence-corrected chi connectivity index (χ1v) is 6.84. The molecule has 1 fully saturated rings. The van der Waals surface area contributed by atoms with Crippen LogP contribution in [0, 0.1) is 11.3 Å². The maximum atomic E-state index is 6.43. The lowest BCUT2D eigenvalue weighted by Crippen LogP contribution is -2.56. The molecule has 0 aromatic rings. The SMILES string of the molecule is CCC(C)CN(C)C1CCCC(C)(C)C1N. The van der Waals surface area contributed by atoms with E-state index in [9.17, 15) is 0 Å². The number of likely N-dealkylation sites (N-methyl/N-ethyl adjacent to an activating group) is 1. The quantitative estimate of drug-likeness (QED) is 0.798. The molecule has 2 heteroatoms. The van der Waals surface area contributed by atoms with Crippen LogP contribution in [0.1, 0.15) is 53.4 Å². The van der Waals surface area contributed by atoms with Gasteiger partial charge in [-0.2, -0.15) is 0 Å². The molecule has 0 aromatic heterocycles. The minimum absolute atomic E-state index is 0.312. The van der Waals surface area contributed by atoms with Crippen molar-refractivity contribution >= 4 is 0 Å². The Bertz CT molecular complexity index is 213. The fraction of sp³-hybridized carbons (Fsp3) is 1.00. The third-order valence-corrected chi connectivity index (χ3v) is 4.50. The van der Waals surface area contributed by atoms with Crippen LogP contribution in [0.25, 0.3) is 0 Å². The Morgan fingerprint density at radius 3 is 2.62 bits per heavy atom. The molecule has 0 aliphatic heterocycles. The zero-order valence-electron chi connectivity index (χ0n) is 11.8. The largest absolute Gasteiger partial charge is 0.326 e. The van der Waals surface area contributed by atoms with Crippen molar-refractivity contribution in [3.63, 3.8) is 0 Å². The normalized spacial score (nSPS) is 31.7. The molecule has 0 heterocycles. The Morgan fingerprint density at radius 1 is 1.44 bits per heavy atom. The number of nitrogens with two attached hydrogens (primary N) is 1. The molecule has 3 atom stereocenters. The van der Waals surface area contributed by atoms with E-state index in [-0.39, 0.29) is 0 Å². The molecule has 16 heavy (non-hydrogen) atoms. The summed E-state index contributed by atoms with van der Waals surface area (Å²) >= 11 is 0. The molecular weight excluding hydrogens is 196 g/mol. The van der Waals surface area contributed by atoms with Gasteiger partial charge in [-0.15, -0.1) is 0 Å². The lowest BCUT2D eigenvalue weighted by Gasteiger charge is -2.46. The Morgan fingerprint density at radius 2 is 2.06 bits per heavy atom. The van der Waals surface area contributed by atoms with E-state index in [1.54, 1.807) is 0 Å². The van der Waals surface area contributed by atoms with Crippen LogP contribution in [0.15, 0.2) is 0 Å². The van der Waals surface area contributed by atoms with Crippen molar-refractivity contribution in [2.24, 2.45) is 17.1 Å². The summed E-state index contributed by atoms with van der Waals surface area (Å²) in [6, 6.07) is 0.910. The molecular formula is C14H30N2. The van der Waals surface area contributed by atoms with Gasteiger partial charge in [0.05, 0.1) is 0 Å². The average Bonchev–Trinajstić information content (AvgIpc) is 2.21. The molecule has 0 spiro atoms. The van der Waals surface area contributed by atoms with Gasteiger partial charge in [-0.1, -0.05) is 40.5 Å². The smallest absolute Gasteiger partial charge is 0.0249 e. The fourth-order valence-corrected chi connectivity index (χ4v) is 2.88. The third kappa shape index (κ3) is 3.21. The summed E-state index contributed by atoms with van der Waals surface area (Å²) < 4.78 is 0. The molecule has 0 amide bonds. The maximum absolute atomic E-state index is 6.43. The van der Waals surface area contributed by atoms with Gasteiger partial charge < -0.3 is 10.6 Å². The van der Waals surface area contributed by atoms with Gasteiger partial charge in [0.1, 0.15) is 0 Å². The van der Waals surface area contributed by atoms with Gasteiger partial charge in [0.25, 0.3) is 0 Å². The number of rotatable bonds is 4. The molecule has 1 saturated carbocycles. The standard InChI is InChI=1S/C14H30N2/c1-6-11(2)10-16(5)12-8-7-9-14(3,4)13(12)15/h11-13H,6-10,15H2,1-5H3. The third-order valence-electron chi connectivity index (χ3n) is 4.50. The summed E-state index contributed by atoms with van der Waals surface area (Å²) in [7, 11) is 2.25. The minimum Gasteiger partial charge on any atom is -0.326 e. The van der Waals surface area contributed by atoms with Gasteiger partial charge in [-0.05, 0) is 31.2 Å². The second kappa shape index (κ2) is 5.50. The Hall–Kier alpha value is -0.0800. The van der Waals surface area contributed by atoms with Crippen LogP contribution in [-0.2, 0) is 0 Å². The fourth-order valence-electron chi connectivity index (χ4n) is 2.88. The van der Waals surface area contributed by atoms with Crippen LogP contribution in [0.2, 0.25) is 0 Å². The van der Waals surface area contributed by atoms with E-state index in [4.69, 9.17) is 5.73 Å². The van der Waals surface area contributed by atoms with Crippen molar-refractivity contribution in [3.8, 4) is 0 Å². The summed E-state index contributed by atoms with van der Waals surface area (Å²) in [5.74, 6) is 0.780. The number of hydrogen-bond donors (Lipinski definition) is 1. The summed E-state index contributed by atoms with van der Waals surface area (Å²) in [6.07, 6.45) is 5.14. The van der Waals surface area contributed by atoms with E-state index in [1.165, 1.54) is 32.2 Å². The monoisotopic (exact) mass is 226 g/mol. The average molecular weight is 226 g/mol. The van der Waals surface area contributed by atoms with E-state index in [0.29, 0.717) is 17.5 Å². The second-order valence-corrected chi connectivity index (χ2v) is 6.43. The predicted octanol–water partition coefficient (Wildman–Crippen LogP) is 2.87. The van der Waals surface area contributed by atoms with Crippen molar-refractivity contribution in [1.82, 2.24) is 4.90 Å². The molecule has 0 aromatic carbocycles. The molecule has 2 nitrogen and oxygen atoms in total. The zero-order valence-corrected chi connectivity index (χ0v) is 11.8. The molecule has 2 N–H and O–H groups in total. The second-order valence-electron chi connectivity index (χ2n) is 6.43. The molecule has 1 rings (SSSR count). The molecule has 1 aliphatic rings. The van der Waals surface area contributed by atoms with Gasteiger partial charge in [0.15, 0.2) is 0 Å². The topological polar surface area (TPSA) is 29.3 Å². The van der Waals surface area contributed by atoms with Crippen molar-refractivity contribution in [3.05, 3.63) is 0 Å². The van der Waals surface area contributed by atoms with Crippen molar-refractivity contribution in [2.75, 3.05) is 13.6 Å². The Balaban J connectivity index is 2.58. The minimum atomic E-state index is 0.312. The van der Waals surface area contributed by atoms with Crippen molar-refractivity contribution in [2.45, 2.75) is 65.5 Å². The van der Waals surface area contributed by atoms with E-state index in [2.05, 4.69) is 39.6 Å². The van der Waals surface area contributed by atoms with Crippen LogP contribution in [0.5, 0.6) is 0 Å². The number of nitrogens with zero attached hydrogens (tertiary/aromatic N) is 1. The highest BCUT2D eigenvalue weighted by Crippen LogP contribution is 2.36. The van der Waals surface area contributed by atoms with Gasteiger partial charge in [-0.25, -0.2) is 0 Å². The maximum Gasteiger partial charge on any atom is 0.0249 e. The lowest BCUT2D eigenvalue weighted by molar-refractivity contribution is 0.0760. The molecule has 96 valence electrons. The first-order valence-electron chi connectivity index (χ1n) is 6.84. The zero-order chi connectivity index (χ0) is 12.3. The van der Waals surface area contributed by atoms with Gasteiger partial charge in [0, 0.05) is 18.6 Å². The number of hydrogen-bond acceptors (Lipinski definition) is 2. The lowest BCUT2D eigenvalue weighted by atomic mass is 9.71. The molecule has 1 aliphatic carbocycles. The summed E-state index contributed by atoms with van der Waals surface area (Å²) in [5, 5.41) is 0. The molecule has 3 unspecified atom stereocenters. The highest BCUT2D eigenvalue weighted by Gasteiger charge is 2.38. The Kier molecular flexibility index (Phi) is 4.81. The van der Waals surface area contributed by atoms with E-state index < -0.39 is 0 Å². The Labute approximate surface area is 102 Å². The van der Waals surface area contributed by atoms with E-state index in [1.807, 2.05) is 0 Å². The van der Waals surface area contributed by atoms with Gasteiger partial charge >= 0.3 is 0 Å². The summed E-state index contributed by atoms with van der Waals surface area (Å²) in [6.45, 7) is 10.4. The highest BCUT2D eigenvalue weighted by atomic mass is 15.2. The van der Waals surface area contributed by atoms with Crippen LogP contribution in [0.4, 0.5) is 0 Å². The predicted molar refractivity (Wildman–Crippen MR) is 71.5 cm³/mol. The van der Waals surface area contributed by atoms with Gasteiger partial charge in [0.2, 0.25) is 0 Å². The van der Waals surface area contributed by atoms with Crippen LogP contribution < -0.4 is 5.73 Å². The molecule has 0 radical (unpaired) electrons. The highest BCUT2D eigenvalue weighted by molar-refractivity contribution is 4.95. The summed E-state index contributed by atoms with van der Waals surface area (Å²) in [4.78, 5) is 2.50. The first-order chi connectivity index (χ1) is 7.38. The van der Waals surface area contributed by atoms with Crippen molar-refractivity contribution in [1.29, 1.82) is 0 Å². The van der Waals surface area contributed by atoms with E-state index in [0.717, 1.165) is 5.92 Å². The summed E-state index contributed by atoms with van der Waals surface area (Å²) in [5.41, 5.74) is 6.75. The first kappa shape index (κ1) is 14.0. The molecule has 0 bridgehead atoms. The van der Waals surface area contributed by atoms with Crippen LogP contribution in [0.3, 0.4) is 0 Å². The van der Waals surface area contributed by atoms with E-state index >= 15 is 0 Å².